The second kappa shape index (κ2) is 9.93. The number of para-hydroxylation sites is 1. The van der Waals surface area contributed by atoms with Crippen LogP contribution in [0.1, 0.15) is 19.8 Å². The summed E-state index contributed by atoms with van der Waals surface area (Å²) in [6, 6.07) is 18.9. The number of carbonyl (C=O) groups is 1. The van der Waals surface area contributed by atoms with Crippen LogP contribution in [0.2, 0.25) is 0 Å². The molecular formula is C24H26N4O3. The van der Waals surface area contributed by atoms with Crippen LogP contribution in [-0.2, 0) is 4.79 Å². The molecule has 0 radical (unpaired) electrons. The zero-order valence-electron chi connectivity index (χ0n) is 17.5. The van der Waals surface area contributed by atoms with Crippen LogP contribution in [0.3, 0.4) is 0 Å². The van der Waals surface area contributed by atoms with Crippen molar-refractivity contribution in [2.24, 2.45) is 5.92 Å². The van der Waals surface area contributed by atoms with Crippen LogP contribution < -0.4 is 19.7 Å². The molecular weight excluding hydrogens is 392 g/mol. The van der Waals surface area contributed by atoms with Crippen molar-refractivity contribution in [3.05, 3.63) is 67.0 Å². The number of anilines is 2. The number of aromatic nitrogens is 2. The molecule has 1 amide bonds. The van der Waals surface area contributed by atoms with Gasteiger partial charge < -0.3 is 19.7 Å². The highest BCUT2D eigenvalue weighted by atomic mass is 16.5. The van der Waals surface area contributed by atoms with Gasteiger partial charge in [0.15, 0.2) is 0 Å². The van der Waals surface area contributed by atoms with Gasteiger partial charge in [-0.1, -0.05) is 18.2 Å². The average molecular weight is 418 g/mol. The van der Waals surface area contributed by atoms with Crippen molar-refractivity contribution in [3.63, 3.8) is 0 Å². The lowest BCUT2D eigenvalue weighted by atomic mass is 9.96. The van der Waals surface area contributed by atoms with Crippen LogP contribution in [0.5, 0.6) is 17.4 Å². The van der Waals surface area contributed by atoms with Gasteiger partial charge in [0.05, 0.1) is 6.61 Å². The predicted molar refractivity (Wildman–Crippen MR) is 120 cm³/mol. The van der Waals surface area contributed by atoms with Crippen molar-refractivity contribution in [3.8, 4) is 17.4 Å². The van der Waals surface area contributed by atoms with Gasteiger partial charge in [0.25, 0.3) is 0 Å². The van der Waals surface area contributed by atoms with Gasteiger partial charge in [-0.2, -0.15) is 0 Å². The number of rotatable bonds is 7. The van der Waals surface area contributed by atoms with E-state index in [2.05, 4.69) is 20.2 Å². The molecule has 0 bridgehead atoms. The third-order valence-corrected chi connectivity index (χ3v) is 5.22. The highest BCUT2D eigenvalue weighted by Gasteiger charge is 2.26. The molecule has 31 heavy (non-hydrogen) atoms. The molecule has 1 fully saturated rings. The summed E-state index contributed by atoms with van der Waals surface area (Å²) in [6.45, 7) is 4.07. The van der Waals surface area contributed by atoms with E-state index in [-0.39, 0.29) is 11.8 Å². The Morgan fingerprint density at radius 1 is 1.03 bits per heavy atom. The van der Waals surface area contributed by atoms with Crippen molar-refractivity contribution in [1.82, 2.24) is 9.97 Å². The molecule has 1 N–H and O–H groups in total. The summed E-state index contributed by atoms with van der Waals surface area (Å²) in [5, 5.41) is 3.01. The van der Waals surface area contributed by atoms with Gasteiger partial charge in [-0.15, -0.1) is 0 Å². The molecule has 0 aliphatic carbocycles. The SMILES string of the molecule is CCOc1ccc(NC(=O)C2CCN(c3cc(Oc4ccccc4)ncn3)CC2)cc1. The van der Waals surface area contributed by atoms with E-state index in [1.54, 1.807) is 0 Å². The Balaban J connectivity index is 1.31. The molecule has 1 aromatic heterocycles. The van der Waals surface area contributed by atoms with E-state index in [1.807, 2.05) is 67.6 Å². The van der Waals surface area contributed by atoms with Gasteiger partial charge in [0, 0.05) is 30.8 Å². The lowest BCUT2D eigenvalue weighted by Crippen LogP contribution is -2.38. The Labute approximate surface area is 182 Å². The van der Waals surface area contributed by atoms with Crippen molar-refractivity contribution in [2.45, 2.75) is 19.8 Å². The second-order valence-electron chi connectivity index (χ2n) is 7.34. The maximum atomic E-state index is 12.7. The molecule has 1 saturated heterocycles. The third-order valence-electron chi connectivity index (χ3n) is 5.22. The molecule has 0 unspecified atom stereocenters. The number of nitrogens with zero attached hydrogens (tertiary/aromatic N) is 3. The topological polar surface area (TPSA) is 76.6 Å². The summed E-state index contributed by atoms with van der Waals surface area (Å²) in [4.78, 5) is 23.4. The van der Waals surface area contributed by atoms with E-state index in [9.17, 15) is 4.79 Å². The summed E-state index contributed by atoms with van der Waals surface area (Å²) in [5.74, 6) is 2.88. The van der Waals surface area contributed by atoms with E-state index < -0.39 is 0 Å². The largest absolute Gasteiger partial charge is 0.494 e. The van der Waals surface area contributed by atoms with Crippen LogP contribution in [0.25, 0.3) is 0 Å². The van der Waals surface area contributed by atoms with Crippen LogP contribution in [0, 0.1) is 5.92 Å². The Kier molecular flexibility index (Phi) is 6.62. The molecule has 160 valence electrons. The lowest BCUT2D eigenvalue weighted by Gasteiger charge is -2.32. The number of ether oxygens (including phenoxy) is 2. The minimum atomic E-state index is -0.0234. The first-order chi connectivity index (χ1) is 15.2. The fourth-order valence-electron chi connectivity index (χ4n) is 3.58. The normalized spacial score (nSPS) is 14.2. The molecule has 2 aromatic carbocycles. The van der Waals surface area contributed by atoms with E-state index in [0.29, 0.717) is 12.5 Å². The number of benzene rings is 2. The van der Waals surface area contributed by atoms with Gasteiger partial charge in [-0.3, -0.25) is 4.79 Å². The average Bonchev–Trinajstić information content (AvgIpc) is 2.81. The third kappa shape index (κ3) is 5.51. The zero-order chi connectivity index (χ0) is 21.5. The van der Waals surface area contributed by atoms with Gasteiger partial charge in [-0.05, 0) is 56.2 Å². The van der Waals surface area contributed by atoms with Crippen LogP contribution in [0.4, 0.5) is 11.5 Å². The summed E-state index contributed by atoms with van der Waals surface area (Å²) in [5.41, 5.74) is 0.786. The van der Waals surface area contributed by atoms with Gasteiger partial charge in [0.1, 0.15) is 23.6 Å². The first-order valence-corrected chi connectivity index (χ1v) is 10.5. The summed E-state index contributed by atoms with van der Waals surface area (Å²) in [6.07, 6.45) is 3.04. The number of nitrogens with one attached hydrogen (secondary N) is 1. The zero-order valence-corrected chi connectivity index (χ0v) is 17.5. The number of hydrogen-bond donors (Lipinski definition) is 1. The van der Waals surface area contributed by atoms with Crippen LogP contribution in [-0.4, -0.2) is 35.6 Å². The Hall–Kier alpha value is -3.61. The molecule has 1 aliphatic rings. The molecule has 7 heteroatoms. The number of piperidine rings is 1. The molecule has 4 rings (SSSR count). The number of hydrogen-bond acceptors (Lipinski definition) is 6. The second-order valence-corrected chi connectivity index (χ2v) is 7.34. The smallest absolute Gasteiger partial charge is 0.227 e. The fourth-order valence-corrected chi connectivity index (χ4v) is 3.58. The summed E-state index contributed by atoms with van der Waals surface area (Å²) in [7, 11) is 0. The van der Waals surface area contributed by atoms with Crippen LogP contribution in [0.15, 0.2) is 67.0 Å². The molecule has 0 spiro atoms. The first kappa shape index (κ1) is 20.7. The molecule has 1 aliphatic heterocycles. The molecule has 3 aromatic rings. The van der Waals surface area contributed by atoms with E-state index in [4.69, 9.17) is 9.47 Å². The summed E-state index contributed by atoms with van der Waals surface area (Å²) >= 11 is 0. The van der Waals surface area contributed by atoms with Crippen molar-refractivity contribution < 1.29 is 14.3 Å². The molecule has 0 saturated carbocycles. The Morgan fingerprint density at radius 2 is 1.77 bits per heavy atom. The number of amides is 1. The van der Waals surface area contributed by atoms with Crippen LogP contribution >= 0.6 is 0 Å². The van der Waals surface area contributed by atoms with E-state index >= 15 is 0 Å². The quantitative estimate of drug-likeness (QED) is 0.608. The minimum absolute atomic E-state index is 0.0234. The van der Waals surface area contributed by atoms with Crippen molar-refractivity contribution >= 4 is 17.4 Å². The first-order valence-electron chi connectivity index (χ1n) is 10.5. The maximum Gasteiger partial charge on any atom is 0.227 e. The van der Waals surface area contributed by atoms with Gasteiger partial charge in [-0.25, -0.2) is 9.97 Å². The Bertz CT molecular complexity index is 987. The molecule has 2 heterocycles. The van der Waals surface area contributed by atoms with Gasteiger partial charge >= 0.3 is 0 Å². The number of carbonyl (C=O) groups excluding carboxylic acids is 1. The minimum Gasteiger partial charge on any atom is -0.494 e. The molecule has 0 atom stereocenters. The van der Waals surface area contributed by atoms with Gasteiger partial charge in [0.2, 0.25) is 11.8 Å². The molecule has 7 nitrogen and oxygen atoms in total. The Morgan fingerprint density at radius 3 is 2.48 bits per heavy atom. The summed E-state index contributed by atoms with van der Waals surface area (Å²) < 4.78 is 11.2. The monoisotopic (exact) mass is 418 g/mol. The predicted octanol–water partition coefficient (Wildman–Crippen LogP) is 4.52. The fraction of sp³-hybridized carbons (Fsp3) is 0.292. The van der Waals surface area contributed by atoms with E-state index in [0.717, 1.165) is 48.9 Å². The highest BCUT2D eigenvalue weighted by molar-refractivity contribution is 5.92. The van der Waals surface area contributed by atoms with E-state index in [1.165, 1.54) is 6.33 Å². The lowest BCUT2D eigenvalue weighted by molar-refractivity contribution is -0.120. The standard InChI is InChI=1S/C24H26N4O3/c1-2-30-20-10-8-19(9-11-20)27-24(29)18-12-14-28(15-13-18)22-16-23(26-17-25-22)31-21-6-4-3-5-7-21/h3-11,16-18H,2,12-15H2,1H3,(H,27,29). The maximum absolute atomic E-state index is 12.7. The van der Waals surface area contributed by atoms with Crippen molar-refractivity contribution in [1.29, 1.82) is 0 Å². The highest BCUT2D eigenvalue weighted by Crippen LogP contribution is 2.26. The van der Waals surface area contributed by atoms with Crippen molar-refractivity contribution in [2.75, 3.05) is 29.9 Å².